The van der Waals surface area contributed by atoms with E-state index < -0.39 is 48.1 Å². The molecule has 2 aromatic carbocycles. The molecule has 0 aliphatic carbocycles. The number of nitrogens with two attached hydrogens (primary N) is 1. The molecule has 43 heavy (non-hydrogen) atoms. The Labute approximate surface area is 242 Å². The molecule has 1 aliphatic rings. The molecule has 0 fully saturated rings. The Hall–Kier alpha value is -4.55. The van der Waals surface area contributed by atoms with Gasteiger partial charge in [-0.1, -0.05) is 42.0 Å². The van der Waals surface area contributed by atoms with Gasteiger partial charge in [0.1, 0.15) is 11.3 Å². The number of anilines is 1. The summed E-state index contributed by atoms with van der Waals surface area (Å²) in [5.41, 5.74) is 2.07. The predicted octanol–water partition coefficient (Wildman–Crippen LogP) is 6.25. The maximum atomic E-state index is 15.6. The lowest BCUT2D eigenvalue weighted by Gasteiger charge is -2.48. The molecule has 0 spiro atoms. The minimum Gasteiger partial charge on any atom is -0.494 e. The molecule has 0 saturated heterocycles. The normalized spacial score (nSPS) is 17.7. The number of primary amides is 1. The Morgan fingerprint density at radius 2 is 1.65 bits per heavy atom. The first-order valence-electron chi connectivity index (χ1n) is 13.0. The van der Waals surface area contributed by atoms with Gasteiger partial charge in [-0.3, -0.25) is 14.5 Å². The molecule has 2 heterocycles. The van der Waals surface area contributed by atoms with Gasteiger partial charge in [0.15, 0.2) is 5.54 Å². The number of amides is 2. The van der Waals surface area contributed by atoms with Crippen LogP contribution < -0.4 is 20.1 Å². The summed E-state index contributed by atoms with van der Waals surface area (Å²) in [6, 6.07) is 13.3. The molecule has 0 bridgehead atoms. The van der Waals surface area contributed by atoms with Crippen LogP contribution in [0.2, 0.25) is 0 Å². The van der Waals surface area contributed by atoms with Crippen molar-refractivity contribution in [2.75, 3.05) is 18.6 Å². The van der Waals surface area contributed by atoms with Crippen molar-refractivity contribution >= 4 is 23.1 Å². The second kappa shape index (κ2) is 12.0. The lowest BCUT2D eigenvalue weighted by molar-refractivity contribution is -0.192. The monoisotopic (exact) mass is 607 g/mol. The number of aryl methyl sites for hydroxylation is 1. The molecule has 3 aromatic rings. The number of carbonyl (C=O) groups excluding carboxylic acids is 2. The van der Waals surface area contributed by atoms with Crippen LogP contribution in [0.5, 0.6) is 11.6 Å². The molecule has 0 unspecified atom stereocenters. The van der Waals surface area contributed by atoms with Gasteiger partial charge >= 0.3 is 12.4 Å². The van der Waals surface area contributed by atoms with Gasteiger partial charge in [0, 0.05) is 18.9 Å². The van der Waals surface area contributed by atoms with Crippen LogP contribution in [0.25, 0.3) is 5.57 Å². The smallest absolute Gasteiger partial charge is 0.416 e. The zero-order chi connectivity index (χ0) is 31.6. The van der Waals surface area contributed by atoms with Crippen molar-refractivity contribution in [3.05, 3.63) is 89.1 Å². The molecule has 0 saturated carbocycles. The van der Waals surface area contributed by atoms with Gasteiger partial charge in [0.2, 0.25) is 5.88 Å². The number of hydrogen-bond donors (Lipinski definition) is 1. The molecule has 2 amide bonds. The van der Waals surface area contributed by atoms with Crippen LogP contribution in [0.3, 0.4) is 0 Å². The minimum atomic E-state index is -5.13. The van der Waals surface area contributed by atoms with Crippen LogP contribution in [0, 0.1) is 6.92 Å². The van der Waals surface area contributed by atoms with E-state index in [1.165, 1.54) is 43.5 Å². The maximum absolute atomic E-state index is 15.6. The highest BCUT2D eigenvalue weighted by atomic mass is 19.4. The van der Waals surface area contributed by atoms with E-state index in [4.69, 9.17) is 15.2 Å². The van der Waals surface area contributed by atoms with E-state index in [2.05, 4.69) is 4.98 Å². The van der Waals surface area contributed by atoms with Crippen LogP contribution in [0.15, 0.2) is 72.4 Å². The fraction of sp³-hybridized carbons (Fsp3) is 0.300. The molecule has 13 heteroatoms. The molecule has 2 N–H and O–H groups in total. The molecular formula is C30H27F6N3O4. The maximum Gasteiger partial charge on any atom is 0.416 e. The average molecular weight is 608 g/mol. The van der Waals surface area contributed by atoms with E-state index in [-0.39, 0.29) is 47.0 Å². The van der Waals surface area contributed by atoms with Crippen molar-refractivity contribution in [2.45, 2.75) is 44.1 Å². The lowest BCUT2D eigenvalue weighted by Crippen LogP contribution is -2.62. The molecule has 1 atom stereocenters. The summed E-state index contributed by atoms with van der Waals surface area (Å²) in [7, 11) is 1.31. The zero-order valence-electron chi connectivity index (χ0n) is 23.1. The largest absolute Gasteiger partial charge is 0.494 e. The third kappa shape index (κ3) is 6.45. The van der Waals surface area contributed by atoms with E-state index in [9.17, 15) is 22.8 Å². The fourth-order valence-electron chi connectivity index (χ4n) is 4.97. The first kappa shape index (κ1) is 31.4. The number of rotatable bonds is 9. The van der Waals surface area contributed by atoms with Crippen molar-refractivity contribution in [2.24, 2.45) is 5.73 Å². The van der Waals surface area contributed by atoms with Crippen molar-refractivity contribution in [3.8, 4) is 11.6 Å². The number of alkyl halides is 6. The number of methoxy groups -OCH3 is 1. The van der Waals surface area contributed by atoms with Crippen molar-refractivity contribution in [3.63, 3.8) is 0 Å². The second-order valence-corrected chi connectivity index (χ2v) is 9.91. The predicted molar refractivity (Wildman–Crippen MR) is 145 cm³/mol. The van der Waals surface area contributed by atoms with Crippen LogP contribution in [0.1, 0.15) is 36.0 Å². The first-order valence-corrected chi connectivity index (χ1v) is 13.0. The highest BCUT2D eigenvalue weighted by Gasteiger charge is 2.64. The molecule has 228 valence electrons. The first-order chi connectivity index (χ1) is 20.2. The molecular weight excluding hydrogens is 580 g/mol. The fourth-order valence-corrected chi connectivity index (χ4v) is 4.97. The van der Waals surface area contributed by atoms with E-state index >= 15 is 13.2 Å². The van der Waals surface area contributed by atoms with E-state index in [0.29, 0.717) is 4.90 Å². The third-order valence-corrected chi connectivity index (χ3v) is 7.04. The van der Waals surface area contributed by atoms with Crippen LogP contribution in [-0.2, 0) is 15.1 Å². The van der Waals surface area contributed by atoms with Gasteiger partial charge in [-0.05, 0) is 48.2 Å². The quantitative estimate of drug-likeness (QED) is 0.176. The minimum absolute atomic E-state index is 0.0372. The number of aromatic nitrogens is 1. The van der Waals surface area contributed by atoms with Crippen LogP contribution in [-0.4, -0.2) is 42.9 Å². The van der Waals surface area contributed by atoms with E-state index in [1.54, 1.807) is 19.1 Å². The summed E-state index contributed by atoms with van der Waals surface area (Å²) in [5, 5.41) is 0. The molecule has 1 aliphatic heterocycles. The molecule has 1 aromatic heterocycles. The number of pyridine rings is 1. The van der Waals surface area contributed by atoms with Crippen LogP contribution >= 0.6 is 0 Å². The SMILES string of the molecule is COc1ccc(N2C(=O)C(C(N)=O)=C(c3ccc(C)cc3)C[C@]2(c2ccc(OCCCC(F)(F)F)cc2)C(F)(F)F)cn1. The van der Waals surface area contributed by atoms with Crippen LogP contribution in [0.4, 0.5) is 32.0 Å². The Kier molecular flexibility index (Phi) is 8.74. The highest BCUT2D eigenvalue weighted by molar-refractivity contribution is 6.29. The van der Waals surface area contributed by atoms with Crippen molar-refractivity contribution in [1.82, 2.24) is 4.98 Å². The molecule has 0 radical (unpaired) electrons. The van der Waals surface area contributed by atoms with Gasteiger partial charge in [-0.15, -0.1) is 0 Å². The van der Waals surface area contributed by atoms with Gasteiger partial charge in [-0.2, -0.15) is 26.3 Å². The standard InChI is InChI=1S/C30H27F6N3O4/c1-18-4-6-19(7-5-18)23-16-28(30(34,35)36,20-8-11-22(12-9-20)43-15-3-14-29(31,32)33)39(27(41)25(23)26(37)40)21-10-13-24(42-2)38-17-21/h4-13,17H,3,14-16H2,1-2H3,(H2,37,40)/t28-/m0/s1. The Morgan fingerprint density at radius 1 is 1.00 bits per heavy atom. The summed E-state index contributed by atoms with van der Waals surface area (Å²) in [6.07, 6.45) is -10.8. The number of benzene rings is 2. The van der Waals surface area contributed by atoms with E-state index in [1.807, 2.05) is 0 Å². The third-order valence-electron chi connectivity index (χ3n) is 7.04. The molecule has 4 rings (SSSR count). The van der Waals surface area contributed by atoms with Crippen molar-refractivity contribution < 1.29 is 45.4 Å². The Morgan fingerprint density at radius 3 is 2.16 bits per heavy atom. The van der Waals surface area contributed by atoms with E-state index in [0.717, 1.165) is 23.9 Å². The Bertz CT molecular complexity index is 1500. The Balaban J connectivity index is 1.89. The summed E-state index contributed by atoms with van der Waals surface area (Å²) < 4.78 is 94.4. The molecule has 7 nitrogen and oxygen atoms in total. The summed E-state index contributed by atoms with van der Waals surface area (Å²) in [4.78, 5) is 31.1. The number of nitrogens with zero attached hydrogens (tertiary/aromatic N) is 2. The number of hydrogen-bond acceptors (Lipinski definition) is 5. The van der Waals surface area contributed by atoms with Gasteiger partial charge in [-0.25, -0.2) is 4.98 Å². The summed E-state index contributed by atoms with van der Waals surface area (Å²) in [6.45, 7) is 1.46. The number of ether oxygens (including phenoxy) is 2. The van der Waals surface area contributed by atoms with Gasteiger partial charge in [0.25, 0.3) is 11.8 Å². The number of halogens is 6. The topological polar surface area (TPSA) is 94.8 Å². The van der Waals surface area contributed by atoms with Gasteiger partial charge in [0.05, 0.1) is 25.6 Å². The van der Waals surface area contributed by atoms with Crippen molar-refractivity contribution in [1.29, 1.82) is 0 Å². The highest BCUT2D eigenvalue weighted by Crippen LogP contribution is 2.54. The summed E-state index contributed by atoms with van der Waals surface area (Å²) in [5.74, 6) is -2.38. The lowest BCUT2D eigenvalue weighted by atomic mass is 9.74. The second-order valence-electron chi connectivity index (χ2n) is 9.91. The van der Waals surface area contributed by atoms with Gasteiger partial charge < -0.3 is 15.2 Å². The summed E-state index contributed by atoms with van der Waals surface area (Å²) >= 11 is 0. The zero-order valence-corrected chi connectivity index (χ0v) is 23.1. The number of carbonyl (C=O) groups is 2. The average Bonchev–Trinajstić information content (AvgIpc) is 2.94.